The molecule has 1 N–H and O–H groups in total. The van der Waals surface area contributed by atoms with Gasteiger partial charge in [0.05, 0.1) is 6.26 Å². The standard InChI is InChI=1S/C6H5FO3/c7-5(6(8)9)4-2-1-3-10-4/h1-3,5H,(H,8,9). The summed E-state index contributed by atoms with van der Waals surface area (Å²) in [5, 5.41) is 8.12. The van der Waals surface area contributed by atoms with Gasteiger partial charge < -0.3 is 9.52 Å². The molecule has 3 nitrogen and oxygen atoms in total. The predicted octanol–water partition coefficient (Wildman–Crippen LogP) is 1.37. The Kier molecular flexibility index (Phi) is 1.71. The lowest BCUT2D eigenvalue weighted by atomic mass is 10.3. The number of rotatable bonds is 2. The maximum absolute atomic E-state index is 12.4. The Balaban J connectivity index is 2.77. The fourth-order valence-electron chi connectivity index (χ4n) is 0.557. The highest BCUT2D eigenvalue weighted by atomic mass is 19.1. The summed E-state index contributed by atoms with van der Waals surface area (Å²) in [5.74, 6) is -1.71. The van der Waals surface area contributed by atoms with E-state index in [-0.39, 0.29) is 5.76 Å². The van der Waals surface area contributed by atoms with Crippen molar-refractivity contribution in [1.29, 1.82) is 0 Å². The average molecular weight is 144 g/mol. The van der Waals surface area contributed by atoms with Crippen molar-refractivity contribution in [3.05, 3.63) is 24.2 Å². The number of carboxylic acid groups (broad SMARTS) is 1. The fourth-order valence-corrected chi connectivity index (χ4v) is 0.557. The quantitative estimate of drug-likeness (QED) is 0.682. The van der Waals surface area contributed by atoms with E-state index in [1.54, 1.807) is 0 Å². The number of furan rings is 1. The molecule has 10 heavy (non-hydrogen) atoms. The van der Waals surface area contributed by atoms with Crippen molar-refractivity contribution in [2.24, 2.45) is 0 Å². The Labute approximate surface area is 56.1 Å². The first kappa shape index (κ1) is 6.80. The summed E-state index contributed by atoms with van der Waals surface area (Å²) in [6.45, 7) is 0. The van der Waals surface area contributed by atoms with E-state index in [1.165, 1.54) is 18.4 Å². The molecule has 0 bridgehead atoms. The minimum Gasteiger partial charge on any atom is -0.479 e. The Morgan fingerprint density at radius 3 is 2.90 bits per heavy atom. The minimum absolute atomic E-state index is 0.174. The van der Waals surface area contributed by atoms with Crippen molar-refractivity contribution in [3.8, 4) is 0 Å². The molecule has 0 aliphatic heterocycles. The van der Waals surface area contributed by atoms with Crippen molar-refractivity contribution in [2.75, 3.05) is 0 Å². The first-order valence-electron chi connectivity index (χ1n) is 2.62. The van der Waals surface area contributed by atoms with Crippen LogP contribution in [0, 0.1) is 0 Å². The third-order valence-electron chi connectivity index (χ3n) is 1.01. The monoisotopic (exact) mass is 144 g/mol. The van der Waals surface area contributed by atoms with Crippen LogP contribution < -0.4 is 0 Å². The molecule has 0 saturated carbocycles. The van der Waals surface area contributed by atoms with Crippen LogP contribution in [0.1, 0.15) is 11.9 Å². The summed E-state index contributed by atoms with van der Waals surface area (Å²) >= 11 is 0. The van der Waals surface area contributed by atoms with E-state index in [1.807, 2.05) is 0 Å². The topological polar surface area (TPSA) is 50.4 Å². The van der Waals surface area contributed by atoms with Crippen LogP contribution in [0.5, 0.6) is 0 Å². The summed E-state index contributed by atoms with van der Waals surface area (Å²) in [6, 6.07) is 2.71. The van der Waals surface area contributed by atoms with Gasteiger partial charge in [-0.2, -0.15) is 0 Å². The van der Waals surface area contributed by atoms with Crippen LogP contribution in [0.3, 0.4) is 0 Å². The molecule has 4 heteroatoms. The Morgan fingerprint density at radius 1 is 1.80 bits per heavy atom. The first-order valence-corrected chi connectivity index (χ1v) is 2.62. The molecule has 1 aromatic rings. The number of carbonyl (C=O) groups is 1. The van der Waals surface area contributed by atoms with Gasteiger partial charge >= 0.3 is 5.97 Å². The van der Waals surface area contributed by atoms with Crippen LogP contribution in [-0.2, 0) is 4.79 Å². The zero-order chi connectivity index (χ0) is 7.56. The van der Waals surface area contributed by atoms with Gasteiger partial charge in [0.2, 0.25) is 0 Å². The molecular weight excluding hydrogens is 139 g/mol. The average Bonchev–Trinajstić information content (AvgIpc) is 2.36. The molecule has 0 fully saturated rings. The third kappa shape index (κ3) is 1.15. The molecule has 1 heterocycles. The van der Waals surface area contributed by atoms with Crippen molar-refractivity contribution in [1.82, 2.24) is 0 Å². The summed E-state index contributed by atoms with van der Waals surface area (Å²) < 4.78 is 16.9. The second-order valence-corrected chi connectivity index (χ2v) is 1.72. The molecular formula is C6H5FO3. The van der Waals surface area contributed by atoms with E-state index < -0.39 is 12.1 Å². The summed E-state index contributed by atoms with van der Waals surface area (Å²) in [7, 11) is 0. The van der Waals surface area contributed by atoms with Crippen molar-refractivity contribution < 1.29 is 18.7 Å². The van der Waals surface area contributed by atoms with Gasteiger partial charge in [0.15, 0.2) is 0 Å². The number of halogens is 1. The van der Waals surface area contributed by atoms with Crippen LogP contribution in [0.25, 0.3) is 0 Å². The molecule has 0 radical (unpaired) electrons. The molecule has 0 saturated heterocycles. The second-order valence-electron chi connectivity index (χ2n) is 1.72. The van der Waals surface area contributed by atoms with Gasteiger partial charge in [0, 0.05) is 0 Å². The van der Waals surface area contributed by atoms with Gasteiger partial charge in [-0.25, -0.2) is 9.18 Å². The zero-order valence-electron chi connectivity index (χ0n) is 4.95. The molecule has 0 aliphatic rings. The van der Waals surface area contributed by atoms with Crippen LogP contribution in [0.2, 0.25) is 0 Å². The first-order chi connectivity index (χ1) is 4.72. The highest BCUT2D eigenvalue weighted by molar-refractivity contribution is 5.73. The van der Waals surface area contributed by atoms with Gasteiger partial charge in [0.25, 0.3) is 6.17 Å². The number of hydrogen-bond donors (Lipinski definition) is 1. The minimum atomic E-state index is -2.05. The summed E-state index contributed by atoms with van der Waals surface area (Å²) in [5.41, 5.74) is 0. The highest BCUT2D eigenvalue weighted by Crippen LogP contribution is 2.16. The Bertz CT molecular complexity index is 217. The molecule has 1 aromatic heterocycles. The van der Waals surface area contributed by atoms with Gasteiger partial charge in [0.1, 0.15) is 5.76 Å². The lowest BCUT2D eigenvalue weighted by Gasteiger charge is -1.95. The molecule has 1 unspecified atom stereocenters. The van der Waals surface area contributed by atoms with Crippen LogP contribution >= 0.6 is 0 Å². The Hall–Kier alpha value is -1.32. The normalized spacial score (nSPS) is 12.9. The van der Waals surface area contributed by atoms with E-state index in [0.29, 0.717) is 0 Å². The maximum atomic E-state index is 12.4. The third-order valence-corrected chi connectivity index (χ3v) is 1.01. The molecule has 1 rings (SSSR count). The van der Waals surface area contributed by atoms with Crippen LogP contribution in [0.4, 0.5) is 4.39 Å². The smallest absolute Gasteiger partial charge is 0.346 e. The number of aliphatic carboxylic acids is 1. The molecule has 0 aromatic carbocycles. The fraction of sp³-hybridized carbons (Fsp3) is 0.167. The molecule has 54 valence electrons. The van der Waals surface area contributed by atoms with E-state index in [4.69, 9.17) is 5.11 Å². The Morgan fingerprint density at radius 2 is 2.50 bits per heavy atom. The lowest BCUT2D eigenvalue weighted by Crippen LogP contribution is -2.04. The van der Waals surface area contributed by atoms with Gasteiger partial charge in [-0.15, -0.1) is 0 Å². The summed E-state index contributed by atoms with van der Waals surface area (Å²) in [4.78, 5) is 9.96. The largest absolute Gasteiger partial charge is 0.479 e. The summed E-state index contributed by atoms with van der Waals surface area (Å²) in [6.07, 6.45) is -0.819. The van der Waals surface area contributed by atoms with Gasteiger partial charge in [-0.05, 0) is 12.1 Å². The second kappa shape index (κ2) is 2.51. The molecule has 0 amide bonds. The highest BCUT2D eigenvalue weighted by Gasteiger charge is 2.20. The van der Waals surface area contributed by atoms with Crippen LogP contribution in [-0.4, -0.2) is 11.1 Å². The van der Waals surface area contributed by atoms with E-state index >= 15 is 0 Å². The lowest BCUT2D eigenvalue weighted by molar-refractivity contribution is -0.143. The zero-order valence-corrected chi connectivity index (χ0v) is 4.95. The van der Waals surface area contributed by atoms with Crippen LogP contribution in [0.15, 0.2) is 22.8 Å². The van der Waals surface area contributed by atoms with Crippen molar-refractivity contribution in [2.45, 2.75) is 6.17 Å². The molecule has 0 spiro atoms. The SMILES string of the molecule is O=C(O)C(F)c1ccco1. The maximum Gasteiger partial charge on any atom is 0.346 e. The van der Waals surface area contributed by atoms with Gasteiger partial charge in [-0.3, -0.25) is 0 Å². The molecule has 0 aliphatic carbocycles. The number of hydrogen-bond acceptors (Lipinski definition) is 2. The molecule has 1 atom stereocenters. The predicted molar refractivity (Wildman–Crippen MR) is 30.2 cm³/mol. The van der Waals surface area contributed by atoms with E-state index in [0.717, 1.165) is 0 Å². The van der Waals surface area contributed by atoms with Crippen molar-refractivity contribution in [3.63, 3.8) is 0 Å². The number of carboxylic acids is 1. The van der Waals surface area contributed by atoms with Crippen molar-refractivity contribution >= 4 is 5.97 Å². The van der Waals surface area contributed by atoms with Gasteiger partial charge in [-0.1, -0.05) is 0 Å². The van der Waals surface area contributed by atoms with E-state index in [9.17, 15) is 9.18 Å². The van der Waals surface area contributed by atoms with E-state index in [2.05, 4.69) is 4.42 Å². The number of alkyl halides is 1.